The Kier molecular flexibility index (Phi) is 3.62. The van der Waals surface area contributed by atoms with Crippen molar-refractivity contribution in [3.05, 3.63) is 32.1 Å². The highest BCUT2D eigenvalue weighted by atomic mass is 16.2. The number of nitrogens with zero attached hydrogens (tertiary/aromatic N) is 3. The number of hydrazone groups is 1. The molecule has 1 amide bonds. The summed E-state index contributed by atoms with van der Waals surface area (Å²) < 4.78 is 2.33. The van der Waals surface area contributed by atoms with Crippen LogP contribution in [0.2, 0.25) is 0 Å². The predicted molar refractivity (Wildman–Crippen MR) is 63.1 cm³/mol. The van der Waals surface area contributed by atoms with Gasteiger partial charge in [0.1, 0.15) is 0 Å². The van der Waals surface area contributed by atoms with Gasteiger partial charge in [-0.3, -0.25) is 14.2 Å². The number of carbonyl (C=O) groups excluding carboxylic acids is 1. The van der Waals surface area contributed by atoms with Crippen molar-refractivity contribution >= 4 is 12.1 Å². The van der Waals surface area contributed by atoms with Gasteiger partial charge in [0, 0.05) is 26.7 Å². The van der Waals surface area contributed by atoms with Crippen LogP contribution in [0.15, 0.2) is 14.7 Å². The molecule has 1 aromatic rings. The third-order valence-electron chi connectivity index (χ3n) is 2.42. The Labute approximate surface area is 97.4 Å². The van der Waals surface area contributed by atoms with E-state index in [0.717, 1.165) is 4.57 Å². The van der Waals surface area contributed by atoms with Gasteiger partial charge >= 0.3 is 5.69 Å². The molecule has 1 rings (SSSR count). The van der Waals surface area contributed by atoms with Crippen molar-refractivity contribution in [2.75, 3.05) is 0 Å². The van der Waals surface area contributed by atoms with Gasteiger partial charge in [0.15, 0.2) is 0 Å². The Bertz CT molecular complexity index is 595. The summed E-state index contributed by atoms with van der Waals surface area (Å²) in [7, 11) is 2.95. The molecule has 0 atom stereocenters. The molecule has 0 saturated carbocycles. The van der Waals surface area contributed by atoms with Gasteiger partial charge in [0.05, 0.1) is 11.8 Å². The van der Waals surface area contributed by atoms with Gasteiger partial charge in [0.2, 0.25) is 5.91 Å². The molecule has 0 radical (unpaired) electrons. The van der Waals surface area contributed by atoms with E-state index in [0.29, 0.717) is 5.69 Å². The quantitative estimate of drug-likeness (QED) is 0.522. The molecule has 17 heavy (non-hydrogen) atoms. The average molecular weight is 238 g/mol. The zero-order chi connectivity index (χ0) is 13.2. The number of hydrogen-bond donors (Lipinski definition) is 1. The summed E-state index contributed by atoms with van der Waals surface area (Å²) in [4.78, 5) is 34.0. The Hall–Kier alpha value is -2.18. The minimum atomic E-state index is -0.445. The van der Waals surface area contributed by atoms with Gasteiger partial charge in [-0.1, -0.05) is 0 Å². The van der Waals surface area contributed by atoms with E-state index in [1.165, 1.54) is 24.8 Å². The molecule has 92 valence electrons. The summed E-state index contributed by atoms with van der Waals surface area (Å²) in [6, 6.07) is 0. The molecule has 0 aliphatic carbocycles. The van der Waals surface area contributed by atoms with Crippen molar-refractivity contribution in [1.29, 1.82) is 0 Å². The summed E-state index contributed by atoms with van der Waals surface area (Å²) in [6.07, 6.45) is 1.23. The zero-order valence-electron chi connectivity index (χ0n) is 10.1. The second-order valence-corrected chi connectivity index (χ2v) is 3.63. The maximum atomic E-state index is 11.8. The molecule has 7 nitrogen and oxygen atoms in total. The first kappa shape index (κ1) is 12.9. The molecule has 0 unspecified atom stereocenters. The van der Waals surface area contributed by atoms with Crippen LogP contribution in [0.25, 0.3) is 0 Å². The van der Waals surface area contributed by atoms with Crippen LogP contribution in [-0.4, -0.2) is 21.3 Å². The lowest BCUT2D eigenvalue weighted by molar-refractivity contribution is -0.118. The third-order valence-corrected chi connectivity index (χ3v) is 2.42. The number of carbonyl (C=O) groups is 1. The maximum absolute atomic E-state index is 11.8. The highest BCUT2D eigenvalue weighted by Crippen LogP contribution is 1.94. The Balaban J connectivity index is 3.35. The molecule has 0 aromatic carbocycles. The smallest absolute Gasteiger partial charge is 0.300 e. The van der Waals surface area contributed by atoms with Gasteiger partial charge < -0.3 is 4.57 Å². The third kappa shape index (κ3) is 2.49. The van der Waals surface area contributed by atoms with Crippen LogP contribution in [0.3, 0.4) is 0 Å². The van der Waals surface area contributed by atoms with Crippen LogP contribution in [0.1, 0.15) is 18.2 Å². The second kappa shape index (κ2) is 4.77. The first-order valence-electron chi connectivity index (χ1n) is 4.92. The molecule has 0 spiro atoms. The highest BCUT2D eigenvalue weighted by Gasteiger charge is 2.09. The molecule has 7 heteroatoms. The monoisotopic (exact) mass is 238 g/mol. The van der Waals surface area contributed by atoms with Gasteiger partial charge in [-0.25, -0.2) is 10.2 Å². The van der Waals surface area contributed by atoms with E-state index in [2.05, 4.69) is 10.5 Å². The van der Waals surface area contributed by atoms with Gasteiger partial charge in [0.25, 0.3) is 5.56 Å². The molecule has 0 aliphatic rings. The number of nitrogens with one attached hydrogen (secondary N) is 1. The summed E-state index contributed by atoms with van der Waals surface area (Å²) in [5.74, 6) is -0.333. The summed E-state index contributed by atoms with van der Waals surface area (Å²) >= 11 is 0. The van der Waals surface area contributed by atoms with E-state index in [1.54, 1.807) is 14.0 Å². The summed E-state index contributed by atoms with van der Waals surface area (Å²) in [6.45, 7) is 2.95. The first-order valence-corrected chi connectivity index (χ1v) is 4.92. The van der Waals surface area contributed by atoms with Crippen molar-refractivity contribution in [2.45, 2.75) is 13.8 Å². The van der Waals surface area contributed by atoms with Crippen molar-refractivity contribution in [3.8, 4) is 0 Å². The van der Waals surface area contributed by atoms with Crippen LogP contribution >= 0.6 is 0 Å². The fraction of sp³-hybridized carbons (Fsp3) is 0.400. The number of rotatable bonds is 2. The largest absolute Gasteiger partial charge is 0.330 e. The van der Waals surface area contributed by atoms with E-state index < -0.39 is 11.2 Å². The van der Waals surface area contributed by atoms with Gasteiger partial charge in [-0.2, -0.15) is 5.10 Å². The van der Waals surface area contributed by atoms with Crippen molar-refractivity contribution in [3.63, 3.8) is 0 Å². The minimum Gasteiger partial charge on any atom is -0.300 e. The maximum Gasteiger partial charge on any atom is 0.330 e. The van der Waals surface area contributed by atoms with Crippen LogP contribution in [0, 0.1) is 6.92 Å². The van der Waals surface area contributed by atoms with E-state index in [1.807, 2.05) is 0 Å². The minimum absolute atomic E-state index is 0.267. The number of aromatic nitrogens is 2. The highest BCUT2D eigenvalue weighted by molar-refractivity contribution is 5.82. The first-order chi connectivity index (χ1) is 7.86. The molecule has 0 fully saturated rings. The molecule has 1 heterocycles. The van der Waals surface area contributed by atoms with Crippen molar-refractivity contribution in [2.24, 2.45) is 19.2 Å². The number of hydrogen-bond acceptors (Lipinski definition) is 4. The Morgan fingerprint density at radius 1 is 1.29 bits per heavy atom. The molecule has 1 aromatic heterocycles. The number of amides is 1. The van der Waals surface area contributed by atoms with Crippen LogP contribution < -0.4 is 16.7 Å². The Morgan fingerprint density at radius 3 is 2.41 bits per heavy atom. The van der Waals surface area contributed by atoms with E-state index in [4.69, 9.17) is 0 Å². The molecular formula is C10H14N4O3. The molecule has 0 aliphatic heterocycles. The van der Waals surface area contributed by atoms with Crippen LogP contribution in [0.5, 0.6) is 0 Å². The van der Waals surface area contributed by atoms with E-state index >= 15 is 0 Å². The van der Waals surface area contributed by atoms with Gasteiger partial charge in [-0.15, -0.1) is 0 Å². The lowest BCUT2D eigenvalue weighted by atomic mass is 10.2. The lowest BCUT2D eigenvalue weighted by Crippen LogP contribution is -2.40. The molecular weight excluding hydrogens is 224 g/mol. The fourth-order valence-corrected chi connectivity index (χ4v) is 1.31. The van der Waals surface area contributed by atoms with E-state index in [9.17, 15) is 14.4 Å². The fourth-order valence-electron chi connectivity index (χ4n) is 1.31. The lowest BCUT2D eigenvalue weighted by Gasteiger charge is -2.08. The summed E-state index contributed by atoms with van der Waals surface area (Å²) in [5, 5.41) is 3.62. The van der Waals surface area contributed by atoms with E-state index in [-0.39, 0.29) is 11.5 Å². The van der Waals surface area contributed by atoms with Crippen molar-refractivity contribution < 1.29 is 4.79 Å². The molecule has 0 bridgehead atoms. The topological polar surface area (TPSA) is 85.5 Å². The molecule has 1 N–H and O–H groups in total. The van der Waals surface area contributed by atoms with Gasteiger partial charge in [-0.05, 0) is 6.92 Å². The Morgan fingerprint density at radius 2 is 1.88 bits per heavy atom. The SMILES string of the molecule is CC(=O)N/N=C/c1c(C)n(C)c(=O)n(C)c1=O. The zero-order valence-corrected chi connectivity index (χ0v) is 10.1. The summed E-state index contributed by atoms with van der Waals surface area (Å²) in [5.41, 5.74) is 2.11. The van der Waals surface area contributed by atoms with Crippen molar-refractivity contribution in [1.82, 2.24) is 14.6 Å². The second-order valence-electron chi connectivity index (χ2n) is 3.63. The molecule has 0 saturated heterocycles. The van der Waals surface area contributed by atoms with Crippen LogP contribution in [0.4, 0.5) is 0 Å². The van der Waals surface area contributed by atoms with Crippen LogP contribution in [-0.2, 0) is 18.9 Å². The normalized spacial score (nSPS) is 10.8. The standard InChI is InChI=1S/C10H14N4O3/c1-6-8(5-11-12-7(2)15)9(16)14(4)10(17)13(6)3/h5H,1-4H3,(H,12,15)/b11-5+. The predicted octanol–water partition coefficient (Wildman–Crippen LogP) is -1.14. The average Bonchev–Trinajstić information content (AvgIpc) is 2.28.